The van der Waals surface area contributed by atoms with Gasteiger partial charge in [0.05, 0.1) is 17.6 Å². The number of nitrogens with zero attached hydrogens (tertiary/aromatic N) is 2. The summed E-state index contributed by atoms with van der Waals surface area (Å²) in [7, 11) is -1.94. The molecule has 1 aromatic rings. The van der Waals surface area contributed by atoms with E-state index in [0.717, 1.165) is 0 Å². The van der Waals surface area contributed by atoms with Gasteiger partial charge >= 0.3 is 0 Å². The molecule has 1 atom stereocenters. The zero-order valence-corrected chi connectivity index (χ0v) is 12.3. The van der Waals surface area contributed by atoms with Crippen LogP contribution in [0.3, 0.4) is 0 Å². The van der Waals surface area contributed by atoms with E-state index in [0.29, 0.717) is 5.69 Å². The molecule has 0 bridgehead atoms. The lowest BCUT2D eigenvalue weighted by molar-refractivity contribution is -0.121. The molecule has 1 rings (SSSR count). The normalized spacial score (nSPS) is 13.0. The molecule has 108 valence electrons. The number of hydrogen-bond donors (Lipinski definition) is 2. The zero-order chi connectivity index (χ0) is 14.5. The van der Waals surface area contributed by atoms with E-state index >= 15 is 0 Å². The topological polar surface area (TPSA) is 93.1 Å². The van der Waals surface area contributed by atoms with Crippen molar-refractivity contribution in [1.29, 1.82) is 0 Å². The van der Waals surface area contributed by atoms with Gasteiger partial charge in [-0.15, -0.1) is 11.6 Å². The number of sulfonamides is 1. The molecule has 0 spiro atoms. The van der Waals surface area contributed by atoms with Crippen LogP contribution in [0.5, 0.6) is 0 Å². The van der Waals surface area contributed by atoms with Crippen LogP contribution in [0.15, 0.2) is 12.4 Å². The van der Waals surface area contributed by atoms with Gasteiger partial charge in [0.25, 0.3) is 0 Å². The minimum Gasteiger partial charge on any atom is -0.358 e. The highest BCUT2D eigenvalue weighted by atomic mass is 35.5. The van der Waals surface area contributed by atoms with E-state index in [1.165, 1.54) is 24.1 Å². The fraction of sp³-hybridized carbons (Fsp3) is 0.600. The van der Waals surface area contributed by atoms with Gasteiger partial charge in [0.1, 0.15) is 6.54 Å². The average Bonchev–Trinajstić information content (AvgIpc) is 2.74. The summed E-state index contributed by atoms with van der Waals surface area (Å²) in [5.74, 6) is -0.137. The molecule has 0 fully saturated rings. The highest BCUT2D eigenvalue weighted by Gasteiger charge is 2.16. The standard InChI is InChI=1S/C10H17ClN4O3S/c1-8(3-11)7-19(17,18)14-9-4-13-15(5-9)6-10(16)12-2/h4-5,8,14H,3,6-7H2,1-2H3,(H,12,16). The maximum atomic E-state index is 11.8. The Morgan fingerprint density at radius 2 is 2.26 bits per heavy atom. The SMILES string of the molecule is CNC(=O)Cn1cc(NS(=O)(=O)CC(C)CCl)cn1. The molecule has 0 aliphatic rings. The number of alkyl halides is 1. The lowest BCUT2D eigenvalue weighted by atomic mass is 10.3. The number of carbonyl (C=O) groups excluding carboxylic acids is 1. The number of aromatic nitrogens is 2. The first-order chi connectivity index (χ1) is 8.86. The monoisotopic (exact) mass is 308 g/mol. The Labute approximate surface area is 117 Å². The summed E-state index contributed by atoms with van der Waals surface area (Å²) in [6, 6.07) is 0. The third kappa shape index (κ3) is 5.48. The van der Waals surface area contributed by atoms with Gasteiger partial charge in [-0.1, -0.05) is 6.92 Å². The van der Waals surface area contributed by atoms with Gasteiger partial charge < -0.3 is 5.32 Å². The molecule has 0 saturated heterocycles. The van der Waals surface area contributed by atoms with Gasteiger partial charge in [0.2, 0.25) is 15.9 Å². The Kier molecular flexibility index (Phi) is 5.61. The quantitative estimate of drug-likeness (QED) is 0.706. The molecule has 1 aromatic heterocycles. The van der Waals surface area contributed by atoms with E-state index < -0.39 is 10.0 Å². The second-order valence-corrected chi connectivity index (χ2v) is 6.32. The first-order valence-electron chi connectivity index (χ1n) is 5.65. The summed E-state index contributed by atoms with van der Waals surface area (Å²) < 4.78 is 27.3. The number of amides is 1. The summed E-state index contributed by atoms with van der Waals surface area (Å²) in [6.07, 6.45) is 2.81. The van der Waals surface area contributed by atoms with Gasteiger partial charge in [-0.05, 0) is 5.92 Å². The molecule has 1 amide bonds. The lowest BCUT2D eigenvalue weighted by Gasteiger charge is -2.09. The molecule has 0 radical (unpaired) electrons. The lowest BCUT2D eigenvalue weighted by Crippen LogP contribution is -2.23. The van der Waals surface area contributed by atoms with Crippen molar-refractivity contribution in [3.8, 4) is 0 Å². The van der Waals surface area contributed by atoms with E-state index in [1.807, 2.05) is 0 Å². The fourth-order valence-electron chi connectivity index (χ4n) is 1.37. The molecule has 0 aliphatic carbocycles. The summed E-state index contributed by atoms with van der Waals surface area (Å²) in [4.78, 5) is 11.1. The summed E-state index contributed by atoms with van der Waals surface area (Å²) >= 11 is 5.59. The molecule has 0 saturated carbocycles. The Balaban J connectivity index is 2.65. The number of hydrogen-bond acceptors (Lipinski definition) is 4. The van der Waals surface area contributed by atoms with Crippen molar-refractivity contribution in [2.45, 2.75) is 13.5 Å². The van der Waals surface area contributed by atoms with Crippen molar-refractivity contribution in [3.63, 3.8) is 0 Å². The zero-order valence-electron chi connectivity index (χ0n) is 10.8. The molecule has 19 heavy (non-hydrogen) atoms. The third-order valence-electron chi connectivity index (χ3n) is 2.26. The molecule has 7 nitrogen and oxygen atoms in total. The van der Waals surface area contributed by atoms with Crippen molar-refractivity contribution in [1.82, 2.24) is 15.1 Å². The number of anilines is 1. The van der Waals surface area contributed by atoms with Crippen LogP contribution in [0.25, 0.3) is 0 Å². The van der Waals surface area contributed by atoms with Crippen molar-refractivity contribution in [3.05, 3.63) is 12.4 Å². The van der Waals surface area contributed by atoms with Crippen LogP contribution >= 0.6 is 11.6 Å². The minimum absolute atomic E-state index is 0.0380. The number of likely N-dealkylation sites (N-methyl/N-ethyl adjacent to an activating group) is 1. The van der Waals surface area contributed by atoms with Gasteiger partial charge in [0, 0.05) is 19.1 Å². The van der Waals surface area contributed by atoms with E-state index in [4.69, 9.17) is 11.6 Å². The number of nitrogens with one attached hydrogen (secondary N) is 2. The first-order valence-corrected chi connectivity index (χ1v) is 7.84. The third-order valence-corrected chi connectivity index (χ3v) is 4.34. The van der Waals surface area contributed by atoms with Crippen LogP contribution in [0.2, 0.25) is 0 Å². The maximum Gasteiger partial charge on any atom is 0.241 e. The highest BCUT2D eigenvalue weighted by Crippen LogP contribution is 2.10. The van der Waals surface area contributed by atoms with Crippen molar-refractivity contribution >= 4 is 33.2 Å². The average molecular weight is 309 g/mol. The molecule has 9 heteroatoms. The van der Waals surface area contributed by atoms with E-state index in [1.54, 1.807) is 6.92 Å². The van der Waals surface area contributed by atoms with Gasteiger partial charge in [-0.2, -0.15) is 5.10 Å². The predicted octanol–water partition coefficient (Wildman–Crippen LogP) is 0.246. The number of carbonyl (C=O) groups is 1. The van der Waals surface area contributed by atoms with Crippen LogP contribution < -0.4 is 10.0 Å². The smallest absolute Gasteiger partial charge is 0.241 e. The fourth-order valence-corrected chi connectivity index (χ4v) is 3.02. The van der Waals surface area contributed by atoms with Crippen LogP contribution in [0.4, 0.5) is 5.69 Å². The second kappa shape index (κ2) is 6.76. The molecule has 0 aromatic carbocycles. The van der Waals surface area contributed by atoms with Crippen molar-refractivity contribution < 1.29 is 13.2 Å². The first kappa shape index (κ1) is 15.8. The van der Waals surface area contributed by atoms with Gasteiger partial charge in [0.15, 0.2) is 0 Å². The number of halogens is 1. The molecular weight excluding hydrogens is 292 g/mol. The van der Waals surface area contributed by atoms with E-state index in [-0.39, 0.29) is 30.0 Å². The molecule has 1 unspecified atom stereocenters. The van der Waals surface area contributed by atoms with Crippen LogP contribution in [0, 0.1) is 5.92 Å². The Morgan fingerprint density at radius 3 is 2.84 bits per heavy atom. The van der Waals surface area contributed by atoms with Crippen LogP contribution in [0.1, 0.15) is 6.92 Å². The van der Waals surface area contributed by atoms with Crippen molar-refractivity contribution in [2.75, 3.05) is 23.4 Å². The molecule has 2 N–H and O–H groups in total. The Bertz CT molecular complexity index is 529. The number of rotatable bonds is 7. The maximum absolute atomic E-state index is 11.8. The predicted molar refractivity (Wildman–Crippen MR) is 73.6 cm³/mol. The largest absolute Gasteiger partial charge is 0.358 e. The van der Waals surface area contributed by atoms with Crippen LogP contribution in [-0.2, 0) is 21.4 Å². The molecule has 1 heterocycles. The molecular formula is C10H17ClN4O3S. The Hall–Kier alpha value is -1.28. The van der Waals surface area contributed by atoms with Gasteiger partial charge in [-0.25, -0.2) is 8.42 Å². The minimum atomic E-state index is -3.46. The summed E-state index contributed by atoms with van der Waals surface area (Å²) in [6.45, 7) is 1.79. The molecule has 0 aliphatic heterocycles. The van der Waals surface area contributed by atoms with E-state index in [9.17, 15) is 13.2 Å². The summed E-state index contributed by atoms with van der Waals surface area (Å²) in [5.41, 5.74) is 0.325. The van der Waals surface area contributed by atoms with Crippen molar-refractivity contribution in [2.24, 2.45) is 5.92 Å². The Morgan fingerprint density at radius 1 is 1.58 bits per heavy atom. The van der Waals surface area contributed by atoms with Crippen LogP contribution in [-0.4, -0.2) is 42.8 Å². The highest BCUT2D eigenvalue weighted by molar-refractivity contribution is 7.92. The second-order valence-electron chi connectivity index (χ2n) is 4.24. The van der Waals surface area contributed by atoms with E-state index in [2.05, 4.69) is 15.1 Å². The summed E-state index contributed by atoms with van der Waals surface area (Å²) in [5, 5.41) is 6.34. The van der Waals surface area contributed by atoms with Gasteiger partial charge in [-0.3, -0.25) is 14.2 Å².